The Morgan fingerprint density at radius 2 is 2.12 bits per heavy atom. The average molecular weight is 226 g/mol. The molecule has 0 saturated carbocycles. The lowest BCUT2D eigenvalue weighted by Crippen LogP contribution is -2.18. The zero-order valence-electron chi connectivity index (χ0n) is 9.88. The van der Waals surface area contributed by atoms with E-state index in [1.807, 2.05) is 13.8 Å². The lowest BCUT2D eigenvalue weighted by molar-refractivity contribution is 0.0642. The van der Waals surface area contributed by atoms with Crippen molar-refractivity contribution in [2.75, 3.05) is 13.7 Å². The summed E-state index contributed by atoms with van der Waals surface area (Å²) in [6, 6.07) is 0. The van der Waals surface area contributed by atoms with Crippen LogP contribution in [0.2, 0.25) is 0 Å². The molecule has 1 rings (SSSR count). The monoisotopic (exact) mass is 226 g/mol. The molecule has 1 N–H and O–H groups in total. The quantitative estimate of drug-likeness (QED) is 0.777. The van der Waals surface area contributed by atoms with E-state index >= 15 is 0 Å². The smallest absolute Gasteiger partial charge is 0.232 e. The van der Waals surface area contributed by atoms with Crippen LogP contribution in [0.3, 0.4) is 0 Å². The van der Waals surface area contributed by atoms with Gasteiger partial charge in [-0.3, -0.25) is 4.98 Å². The molecule has 1 aromatic rings. The van der Waals surface area contributed by atoms with Crippen molar-refractivity contribution >= 4 is 0 Å². The third-order valence-electron chi connectivity index (χ3n) is 1.82. The SMILES string of the molecule is COCC(O)Cc1cncc(OC(C)C)n1. The number of hydrogen-bond donors (Lipinski definition) is 1. The lowest BCUT2D eigenvalue weighted by Gasteiger charge is -2.11. The van der Waals surface area contributed by atoms with Gasteiger partial charge in [-0.25, -0.2) is 4.98 Å². The van der Waals surface area contributed by atoms with Gasteiger partial charge in [-0.2, -0.15) is 0 Å². The number of aromatic nitrogens is 2. The summed E-state index contributed by atoms with van der Waals surface area (Å²) < 4.78 is 10.3. The van der Waals surface area contributed by atoms with E-state index in [2.05, 4.69) is 9.97 Å². The third-order valence-corrected chi connectivity index (χ3v) is 1.82. The van der Waals surface area contributed by atoms with Crippen LogP contribution in [0.1, 0.15) is 19.5 Å². The summed E-state index contributed by atoms with van der Waals surface area (Å²) in [6.07, 6.45) is 3.09. The molecule has 0 radical (unpaired) electrons. The van der Waals surface area contributed by atoms with Crippen LogP contribution in [0.5, 0.6) is 5.88 Å². The highest BCUT2D eigenvalue weighted by Gasteiger charge is 2.08. The minimum atomic E-state index is -0.561. The van der Waals surface area contributed by atoms with E-state index in [0.717, 1.165) is 0 Å². The molecular formula is C11H18N2O3. The number of rotatable bonds is 6. The molecule has 5 nitrogen and oxygen atoms in total. The van der Waals surface area contributed by atoms with Gasteiger partial charge in [0.2, 0.25) is 5.88 Å². The van der Waals surface area contributed by atoms with E-state index in [1.165, 1.54) is 0 Å². The summed E-state index contributed by atoms with van der Waals surface area (Å²) in [5.41, 5.74) is 0.697. The summed E-state index contributed by atoms with van der Waals surface area (Å²) in [6.45, 7) is 4.14. The first-order chi connectivity index (χ1) is 7.61. The van der Waals surface area contributed by atoms with Crippen LogP contribution in [0.25, 0.3) is 0 Å². The van der Waals surface area contributed by atoms with Gasteiger partial charge in [0.25, 0.3) is 0 Å². The van der Waals surface area contributed by atoms with Gasteiger partial charge in [0.05, 0.1) is 30.7 Å². The number of hydrogen-bond acceptors (Lipinski definition) is 5. The average Bonchev–Trinajstić information content (AvgIpc) is 2.17. The molecule has 16 heavy (non-hydrogen) atoms. The second-order valence-corrected chi connectivity index (χ2v) is 3.83. The lowest BCUT2D eigenvalue weighted by atomic mass is 10.2. The van der Waals surface area contributed by atoms with Gasteiger partial charge >= 0.3 is 0 Å². The van der Waals surface area contributed by atoms with Gasteiger partial charge in [0, 0.05) is 19.7 Å². The molecule has 0 aliphatic heterocycles. The maximum atomic E-state index is 9.54. The fraction of sp³-hybridized carbons (Fsp3) is 0.636. The van der Waals surface area contributed by atoms with Crippen LogP contribution in [-0.2, 0) is 11.2 Å². The molecule has 1 atom stereocenters. The van der Waals surface area contributed by atoms with Crippen LogP contribution >= 0.6 is 0 Å². The standard InChI is InChI=1S/C11H18N2O3/c1-8(2)16-11-6-12-5-9(13-11)4-10(14)7-15-3/h5-6,8,10,14H,4,7H2,1-3H3. The van der Waals surface area contributed by atoms with E-state index in [9.17, 15) is 5.11 Å². The van der Waals surface area contributed by atoms with Crippen LogP contribution in [0.15, 0.2) is 12.4 Å². The second-order valence-electron chi connectivity index (χ2n) is 3.83. The van der Waals surface area contributed by atoms with Gasteiger partial charge in [0.1, 0.15) is 0 Å². The molecule has 90 valence electrons. The summed E-state index contributed by atoms with van der Waals surface area (Å²) in [5.74, 6) is 0.483. The molecule has 1 unspecified atom stereocenters. The molecule has 0 aliphatic carbocycles. The molecule has 0 saturated heterocycles. The molecule has 0 aromatic carbocycles. The van der Waals surface area contributed by atoms with Crippen molar-refractivity contribution < 1.29 is 14.6 Å². The number of aliphatic hydroxyl groups excluding tert-OH is 1. The van der Waals surface area contributed by atoms with E-state index in [4.69, 9.17) is 9.47 Å². The minimum Gasteiger partial charge on any atom is -0.474 e. The molecule has 0 spiro atoms. The largest absolute Gasteiger partial charge is 0.474 e. The maximum absolute atomic E-state index is 9.54. The van der Waals surface area contributed by atoms with E-state index in [0.29, 0.717) is 18.0 Å². The fourth-order valence-electron chi connectivity index (χ4n) is 1.28. The molecular weight excluding hydrogens is 208 g/mol. The van der Waals surface area contributed by atoms with E-state index in [-0.39, 0.29) is 12.7 Å². The fourth-order valence-corrected chi connectivity index (χ4v) is 1.28. The topological polar surface area (TPSA) is 64.5 Å². The highest BCUT2D eigenvalue weighted by atomic mass is 16.5. The summed E-state index contributed by atoms with van der Waals surface area (Å²) in [7, 11) is 1.55. The Balaban J connectivity index is 2.59. The van der Waals surface area contributed by atoms with Gasteiger partial charge in [-0.05, 0) is 13.8 Å². The van der Waals surface area contributed by atoms with Crippen LogP contribution in [0.4, 0.5) is 0 Å². The number of aliphatic hydroxyl groups is 1. The third kappa shape index (κ3) is 4.55. The molecule has 0 fully saturated rings. The Labute approximate surface area is 95.4 Å². The maximum Gasteiger partial charge on any atom is 0.232 e. The van der Waals surface area contributed by atoms with Crippen molar-refractivity contribution in [2.24, 2.45) is 0 Å². The van der Waals surface area contributed by atoms with Gasteiger partial charge in [-0.1, -0.05) is 0 Å². The van der Waals surface area contributed by atoms with Crippen molar-refractivity contribution in [3.8, 4) is 5.88 Å². The van der Waals surface area contributed by atoms with Crippen molar-refractivity contribution in [2.45, 2.75) is 32.5 Å². The first kappa shape index (κ1) is 12.9. The molecule has 0 amide bonds. The highest BCUT2D eigenvalue weighted by molar-refractivity contribution is 5.09. The molecule has 0 bridgehead atoms. The molecule has 1 aromatic heterocycles. The molecule has 5 heteroatoms. The van der Waals surface area contributed by atoms with Crippen molar-refractivity contribution in [3.05, 3.63) is 18.1 Å². The van der Waals surface area contributed by atoms with Crippen LogP contribution in [-0.4, -0.2) is 41.0 Å². The summed E-state index contributed by atoms with van der Waals surface area (Å²) in [5, 5.41) is 9.54. The van der Waals surface area contributed by atoms with E-state index in [1.54, 1.807) is 19.5 Å². The van der Waals surface area contributed by atoms with Crippen molar-refractivity contribution in [3.63, 3.8) is 0 Å². The van der Waals surface area contributed by atoms with Gasteiger partial charge in [-0.15, -0.1) is 0 Å². The predicted octanol–water partition coefficient (Wildman–Crippen LogP) is 0.814. The first-order valence-corrected chi connectivity index (χ1v) is 5.26. The van der Waals surface area contributed by atoms with E-state index < -0.39 is 6.10 Å². The normalized spacial score (nSPS) is 12.8. The van der Waals surface area contributed by atoms with Gasteiger partial charge < -0.3 is 14.6 Å². The van der Waals surface area contributed by atoms with Gasteiger partial charge in [0.15, 0.2) is 0 Å². The Morgan fingerprint density at radius 3 is 2.75 bits per heavy atom. The Hall–Kier alpha value is -1.20. The van der Waals surface area contributed by atoms with Crippen LogP contribution < -0.4 is 4.74 Å². The molecule has 0 aliphatic rings. The number of methoxy groups -OCH3 is 1. The summed E-state index contributed by atoms with van der Waals surface area (Å²) >= 11 is 0. The van der Waals surface area contributed by atoms with Crippen molar-refractivity contribution in [1.29, 1.82) is 0 Å². The molecule has 1 heterocycles. The zero-order valence-corrected chi connectivity index (χ0v) is 9.88. The second kappa shape index (κ2) is 6.40. The Bertz CT molecular complexity index is 318. The number of ether oxygens (including phenoxy) is 2. The first-order valence-electron chi connectivity index (χ1n) is 5.26. The van der Waals surface area contributed by atoms with Crippen LogP contribution in [0, 0.1) is 0 Å². The highest BCUT2D eigenvalue weighted by Crippen LogP contribution is 2.08. The zero-order chi connectivity index (χ0) is 12.0. The Kier molecular flexibility index (Phi) is 5.14. The minimum absolute atomic E-state index is 0.0634. The van der Waals surface area contributed by atoms with Crippen molar-refractivity contribution in [1.82, 2.24) is 9.97 Å². The summed E-state index contributed by atoms with van der Waals surface area (Å²) in [4.78, 5) is 8.25. The Morgan fingerprint density at radius 1 is 1.38 bits per heavy atom. The number of nitrogens with zero attached hydrogens (tertiary/aromatic N) is 2. The predicted molar refractivity (Wildman–Crippen MR) is 59.4 cm³/mol.